The predicted molar refractivity (Wildman–Crippen MR) is 68.0 cm³/mol. The van der Waals surface area contributed by atoms with Gasteiger partial charge < -0.3 is 19.3 Å². The van der Waals surface area contributed by atoms with Crippen LogP contribution in [0.2, 0.25) is 0 Å². The van der Waals surface area contributed by atoms with Crippen LogP contribution in [-0.4, -0.2) is 34.9 Å². The Bertz CT molecular complexity index is 566. The van der Waals surface area contributed by atoms with Crippen LogP contribution in [0.4, 0.5) is 10.5 Å². The Hall–Kier alpha value is -3.17. The van der Waals surface area contributed by atoms with Crippen molar-refractivity contribution >= 4 is 23.8 Å². The van der Waals surface area contributed by atoms with Crippen molar-refractivity contribution in [2.45, 2.75) is 12.8 Å². The second-order valence-corrected chi connectivity index (χ2v) is 3.78. The molecule has 1 aromatic carbocycles. The van der Waals surface area contributed by atoms with Crippen LogP contribution in [-0.2, 0) is 19.1 Å². The van der Waals surface area contributed by atoms with Crippen molar-refractivity contribution in [3.05, 3.63) is 34.4 Å². The van der Waals surface area contributed by atoms with E-state index in [0.717, 1.165) is 12.1 Å². The SMILES string of the molecule is O=C(O)CCC(=O)OCOC(=O)Oc1ccc([N+](=O)[O-])cc1. The van der Waals surface area contributed by atoms with Crippen LogP contribution in [0.3, 0.4) is 0 Å². The number of aliphatic carboxylic acids is 1. The third-order valence-electron chi connectivity index (χ3n) is 2.19. The number of ether oxygens (including phenoxy) is 3. The normalized spacial score (nSPS) is 9.64. The highest BCUT2D eigenvalue weighted by Gasteiger charge is 2.11. The number of hydrogen-bond donors (Lipinski definition) is 1. The van der Waals surface area contributed by atoms with Gasteiger partial charge in [-0.2, -0.15) is 0 Å². The molecule has 0 aliphatic heterocycles. The summed E-state index contributed by atoms with van der Waals surface area (Å²) in [6.45, 7) is -0.732. The van der Waals surface area contributed by atoms with E-state index in [0.29, 0.717) is 0 Å². The fraction of sp³-hybridized carbons (Fsp3) is 0.250. The van der Waals surface area contributed by atoms with Gasteiger partial charge in [-0.25, -0.2) is 4.79 Å². The summed E-state index contributed by atoms with van der Waals surface area (Å²) in [7, 11) is 0. The molecule has 0 fully saturated rings. The molecule has 1 N–H and O–H groups in total. The van der Waals surface area contributed by atoms with Crippen LogP contribution in [0.15, 0.2) is 24.3 Å². The number of carbonyl (C=O) groups excluding carboxylic acids is 2. The maximum Gasteiger partial charge on any atom is 0.516 e. The number of carboxylic acids is 1. The van der Waals surface area contributed by atoms with Crippen molar-refractivity contribution in [2.24, 2.45) is 0 Å². The van der Waals surface area contributed by atoms with E-state index in [1.165, 1.54) is 12.1 Å². The topological polar surface area (TPSA) is 142 Å². The lowest BCUT2D eigenvalue weighted by atomic mass is 10.3. The minimum atomic E-state index is -1.18. The smallest absolute Gasteiger partial charge is 0.481 e. The average Bonchev–Trinajstić information content (AvgIpc) is 2.45. The molecule has 0 saturated carbocycles. The van der Waals surface area contributed by atoms with Crippen molar-refractivity contribution in [2.75, 3.05) is 6.79 Å². The first-order chi connectivity index (χ1) is 10.4. The molecule has 0 aromatic heterocycles. The highest BCUT2D eigenvalue weighted by atomic mass is 16.8. The first kappa shape index (κ1) is 16.9. The van der Waals surface area contributed by atoms with Crippen molar-refractivity contribution in [3.63, 3.8) is 0 Å². The molecule has 1 rings (SSSR count). The zero-order valence-electron chi connectivity index (χ0n) is 11.1. The molecule has 0 amide bonds. The van der Waals surface area contributed by atoms with Crippen molar-refractivity contribution < 1.29 is 38.6 Å². The third kappa shape index (κ3) is 6.32. The Morgan fingerprint density at radius 2 is 1.73 bits per heavy atom. The van der Waals surface area contributed by atoms with Crippen LogP contribution >= 0.6 is 0 Å². The lowest BCUT2D eigenvalue weighted by molar-refractivity contribution is -0.384. The van der Waals surface area contributed by atoms with E-state index in [-0.39, 0.29) is 17.9 Å². The van der Waals surface area contributed by atoms with Gasteiger partial charge in [-0.3, -0.25) is 19.7 Å². The van der Waals surface area contributed by atoms with Gasteiger partial charge >= 0.3 is 18.1 Å². The number of nitro groups is 1. The molecule has 0 unspecified atom stereocenters. The number of nitro benzene ring substituents is 1. The number of carboxylic acid groups (broad SMARTS) is 1. The highest BCUT2D eigenvalue weighted by Crippen LogP contribution is 2.17. The molecule has 0 aliphatic rings. The summed E-state index contributed by atoms with van der Waals surface area (Å²) in [6, 6.07) is 4.65. The average molecular weight is 313 g/mol. The lowest BCUT2D eigenvalue weighted by Crippen LogP contribution is -2.16. The fourth-order valence-electron chi connectivity index (χ4n) is 1.19. The Labute approximate surface area is 123 Å². The summed E-state index contributed by atoms with van der Waals surface area (Å²) in [5.74, 6) is -1.99. The Kier molecular flexibility index (Phi) is 6.29. The van der Waals surface area contributed by atoms with Gasteiger partial charge in [-0.05, 0) is 12.1 Å². The molecule has 22 heavy (non-hydrogen) atoms. The maximum absolute atomic E-state index is 11.2. The molecule has 0 bridgehead atoms. The van der Waals surface area contributed by atoms with Crippen molar-refractivity contribution in [3.8, 4) is 5.75 Å². The number of non-ortho nitro benzene ring substituents is 1. The molecular formula is C12H11NO9. The summed E-state index contributed by atoms with van der Waals surface area (Å²) in [5.41, 5.74) is -0.173. The minimum absolute atomic E-state index is 0.00723. The molecule has 0 saturated heterocycles. The van der Waals surface area contributed by atoms with E-state index in [1.807, 2.05) is 0 Å². The van der Waals surface area contributed by atoms with Gasteiger partial charge in [0.15, 0.2) is 0 Å². The summed E-state index contributed by atoms with van der Waals surface area (Å²) in [5, 5.41) is 18.8. The largest absolute Gasteiger partial charge is 0.516 e. The second-order valence-electron chi connectivity index (χ2n) is 3.78. The molecular weight excluding hydrogens is 302 g/mol. The van der Waals surface area contributed by atoms with E-state index in [4.69, 9.17) is 5.11 Å². The quantitative estimate of drug-likeness (QED) is 0.260. The maximum atomic E-state index is 11.2. The number of esters is 1. The number of hydrogen-bond acceptors (Lipinski definition) is 8. The van der Waals surface area contributed by atoms with Crippen LogP contribution < -0.4 is 4.74 Å². The van der Waals surface area contributed by atoms with Crippen LogP contribution in [0.25, 0.3) is 0 Å². The van der Waals surface area contributed by atoms with E-state index in [2.05, 4.69) is 14.2 Å². The van der Waals surface area contributed by atoms with Crippen molar-refractivity contribution in [1.29, 1.82) is 0 Å². The molecule has 0 radical (unpaired) electrons. The van der Waals surface area contributed by atoms with Gasteiger partial charge in [0.05, 0.1) is 17.8 Å². The number of nitrogens with zero attached hydrogens (tertiary/aromatic N) is 1. The Morgan fingerprint density at radius 1 is 1.09 bits per heavy atom. The van der Waals surface area contributed by atoms with Gasteiger partial charge in [0.2, 0.25) is 6.79 Å². The van der Waals surface area contributed by atoms with Crippen molar-refractivity contribution in [1.82, 2.24) is 0 Å². The second kappa shape index (κ2) is 8.19. The molecule has 10 nitrogen and oxygen atoms in total. The molecule has 0 aliphatic carbocycles. The summed E-state index contributed by atoms with van der Waals surface area (Å²) in [6.07, 6.45) is -1.93. The third-order valence-corrected chi connectivity index (χ3v) is 2.19. The lowest BCUT2D eigenvalue weighted by Gasteiger charge is -2.06. The molecule has 0 heterocycles. The zero-order chi connectivity index (χ0) is 16.5. The minimum Gasteiger partial charge on any atom is -0.481 e. The predicted octanol–water partition coefficient (Wildman–Crippen LogP) is 1.48. The standard InChI is InChI=1S/C12H11NO9/c14-10(15)5-6-11(16)20-7-21-12(17)22-9-3-1-8(2-4-9)13(18)19/h1-4H,5-7H2,(H,14,15). The van der Waals surface area contributed by atoms with Gasteiger partial charge in [-0.1, -0.05) is 0 Å². The monoisotopic (exact) mass is 313 g/mol. The van der Waals surface area contributed by atoms with E-state index >= 15 is 0 Å². The van der Waals surface area contributed by atoms with Gasteiger partial charge in [0, 0.05) is 12.1 Å². The molecule has 1 aromatic rings. The van der Waals surface area contributed by atoms with E-state index in [9.17, 15) is 24.5 Å². The molecule has 0 atom stereocenters. The highest BCUT2D eigenvalue weighted by molar-refractivity contribution is 5.76. The zero-order valence-corrected chi connectivity index (χ0v) is 11.1. The summed E-state index contributed by atoms with van der Waals surface area (Å²) >= 11 is 0. The van der Waals surface area contributed by atoms with Gasteiger partial charge in [-0.15, -0.1) is 0 Å². The molecule has 118 valence electrons. The van der Waals surface area contributed by atoms with Gasteiger partial charge in [0.1, 0.15) is 5.75 Å². The fourth-order valence-corrected chi connectivity index (χ4v) is 1.19. The van der Waals surface area contributed by atoms with Crippen LogP contribution in [0.1, 0.15) is 12.8 Å². The molecule has 10 heteroatoms. The Balaban J connectivity index is 2.30. The number of rotatable bonds is 7. The molecule has 0 spiro atoms. The van der Waals surface area contributed by atoms with Crippen LogP contribution in [0.5, 0.6) is 5.75 Å². The van der Waals surface area contributed by atoms with Gasteiger partial charge in [0.25, 0.3) is 5.69 Å². The van der Waals surface area contributed by atoms with E-state index < -0.39 is 36.2 Å². The Morgan fingerprint density at radius 3 is 2.27 bits per heavy atom. The van der Waals surface area contributed by atoms with E-state index in [1.54, 1.807) is 0 Å². The number of carbonyl (C=O) groups is 3. The van der Waals surface area contributed by atoms with Crippen LogP contribution in [0, 0.1) is 10.1 Å². The first-order valence-corrected chi connectivity index (χ1v) is 5.85. The summed E-state index contributed by atoms with van der Waals surface area (Å²) < 4.78 is 13.5. The number of benzene rings is 1. The summed E-state index contributed by atoms with van der Waals surface area (Å²) in [4.78, 5) is 42.2. The first-order valence-electron chi connectivity index (χ1n) is 5.85.